The molecule has 1 aliphatic heterocycles. The second kappa shape index (κ2) is 10.3. The number of carbonyl (C=O) groups excluding carboxylic acids is 1. The minimum Gasteiger partial charge on any atom is -0.497 e. The van der Waals surface area contributed by atoms with E-state index in [2.05, 4.69) is 27.6 Å². The van der Waals surface area contributed by atoms with E-state index in [0.29, 0.717) is 23.1 Å². The van der Waals surface area contributed by atoms with Crippen molar-refractivity contribution in [3.63, 3.8) is 0 Å². The van der Waals surface area contributed by atoms with Gasteiger partial charge in [-0.2, -0.15) is 0 Å². The first-order valence-corrected chi connectivity index (χ1v) is 12.2. The number of nitrogens with zero attached hydrogens (tertiary/aromatic N) is 4. The van der Waals surface area contributed by atoms with E-state index in [9.17, 15) is 4.79 Å². The quantitative estimate of drug-likeness (QED) is 0.393. The van der Waals surface area contributed by atoms with Crippen LogP contribution < -0.4 is 10.1 Å². The lowest BCUT2D eigenvalue weighted by Gasteiger charge is -2.14. The molecule has 5 rings (SSSR count). The first-order chi connectivity index (χ1) is 17.5. The Labute approximate surface area is 214 Å². The molecule has 1 aliphatic rings. The predicted molar refractivity (Wildman–Crippen MR) is 140 cm³/mol. The zero-order valence-electron chi connectivity index (χ0n) is 20.1. The fraction of sp³-hybridized carbons (Fsp3) is 0.214. The lowest BCUT2D eigenvalue weighted by Crippen LogP contribution is -2.27. The highest BCUT2D eigenvalue weighted by Crippen LogP contribution is 2.34. The van der Waals surface area contributed by atoms with E-state index in [4.69, 9.17) is 21.3 Å². The number of benzene rings is 3. The van der Waals surface area contributed by atoms with E-state index < -0.39 is 6.04 Å². The van der Waals surface area contributed by atoms with Gasteiger partial charge >= 0.3 is 0 Å². The molecule has 0 saturated carbocycles. The molecule has 7 nitrogen and oxygen atoms in total. The maximum Gasteiger partial charge on any atom is 0.222 e. The summed E-state index contributed by atoms with van der Waals surface area (Å²) >= 11 is 6.16. The molecular weight excluding hydrogens is 474 g/mol. The summed E-state index contributed by atoms with van der Waals surface area (Å²) in [6.45, 7) is 2.45. The predicted octanol–water partition coefficient (Wildman–Crippen LogP) is 4.88. The molecule has 0 aliphatic carbocycles. The van der Waals surface area contributed by atoms with Gasteiger partial charge in [-0.1, -0.05) is 54.1 Å². The van der Waals surface area contributed by atoms with Crippen molar-refractivity contribution >= 4 is 23.2 Å². The minimum atomic E-state index is -0.521. The lowest BCUT2D eigenvalue weighted by molar-refractivity contribution is -0.121. The van der Waals surface area contributed by atoms with Crippen molar-refractivity contribution in [2.45, 2.75) is 25.8 Å². The molecule has 36 heavy (non-hydrogen) atoms. The number of rotatable bonds is 7. The van der Waals surface area contributed by atoms with Crippen LogP contribution in [0.2, 0.25) is 5.02 Å². The van der Waals surface area contributed by atoms with Crippen LogP contribution in [-0.2, 0) is 11.2 Å². The molecule has 0 saturated heterocycles. The van der Waals surface area contributed by atoms with Crippen LogP contribution in [0.25, 0.3) is 5.69 Å². The minimum absolute atomic E-state index is 0.0918. The summed E-state index contributed by atoms with van der Waals surface area (Å²) < 4.78 is 7.49. The smallest absolute Gasteiger partial charge is 0.222 e. The molecule has 4 aromatic rings. The van der Waals surface area contributed by atoms with E-state index >= 15 is 0 Å². The molecule has 0 fully saturated rings. The van der Waals surface area contributed by atoms with Crippen molar-refractivity contribution in [2.75, 3.05) is 13.7 Å². The summed E-state index contributed by atoms with van der Waals surface area (Å²) in [6.07, 6.45) is 0.909. The van der Waals surface area contributed by atoms with Crippen molar-refractivity contribution < 1.29 is 9.53 Å². The zero-order valence-corrected chi connectivity index (χ0v) is 20.9. The second-order valence-corrected chi connectivity index (χ2v) is 9.05. The average Bonchev–Trinajstić information content (AvgIpc) is 3.22. The topological polar surface area (TPSA) is 81.4 Å². The molecule has 0 bridgehead atoms. The molecule has 1 atom stereocenters. The van der Waals surface area contributed by atoms with Gasteiger partial charge < -0.3 is 10.1 Å². The highest BCUT2D eigenvalue weighted by molar-refractivity contribution is 6.30. The normalized spacial score (nSPS) is 14.3. The molecule has 1 amide bonds. The summed E-state index contributed by atoms with van der Waals surface area (Å²) in [5.74, 6) is 1.96. The molecular formula is C28H26ClN5O2. The fourth-order valence-electron chi connectivity index (χ4n) is 4.42. The lowest BCUT2D eigenvalue weighted by atomic mass is 10.00. The van der Waals surface area contributed by atoms with Gasteiger partial charge in [0.25, 0.3) is 0 Å². The Morgan fingerprint density at radius 3 is 2.58 bits per heavy atom. The molecule has 2 heterocycles. The Morgan fingerprint density at radius 1 is 1.06 bits per heavy atom. The zero-order chi connectivity index (χ0) is 25.1. The fourth-order valence-corrected chi connectivity index (χ4v) is 4.54. The van der Waals surface area contributed by atoms with Gasteiger partial charge in [-0.3, -0.25) is 14.4 Å². The molecule has 182 valence electrons. The molecule has 1 aromatic heterocycles. The largest absolute Gasteiger partial charge is 0.497 e. The van der Waals surface area contributed by atoms with Crippen LogP contribution in [0, 0.1) is 6.92 Å². The van der Waals surface area contributed by atoms with Gasteiger partial charge in [0.05, 0.1) is 24.9 Å². The van der Waals surface area contributed by atoms with Crippen LogP contribution in [0.5, 0.6) is 5.75 Å². The summed E-state index contributed by atoms with van der Waals surface area (Å²) in [5, 5.41) is 12.4. The summed E-state index contributed by atoms with van der Waals surface area (Å²) in [4.78, 5) is 18.1. The first-order valence-electron chi connectivity index (χ1n) is 11.8. The number of amides is 1. The molecule has 8 heteroatoms. The molecule has 3 aromatic carbocycles. The maximum absolute atomic E-state index is 13.0. The molecule has 1 unspecified atom stereocenters. The van der Waals surface area contributed by atoms with Crippen LogP contribution in [-0.4, -0.2) is 40.0 Å². The van der Waals surface area contributed by atoms with E-state index in [1.54, 1.807) is 7.11 Å². The van der Waals surface area contributed by atoms with Crippen molar-refractivity contribution in [1.82, 2.24) is 20.1 Å². The summed E-state index contributed by atoms with van der Waals surface area (Å²) in [7, 11) is 1.63. The van der Waals surface area contributed by atoms with Gasteiger partial charge in [0.1, 0.15) is 17.6 Å². The number of hydrogen-bond donors (Lipinski definition) is 1. The van der Waals surface area contributed by atoms with Crippen molar-refractivity contribution in [3.05, 3.63) is 106 Å². The number of nitrogens with one attached hydrogen (secondary N) is 1. The highest BCUT2D eigenvalue weighted by atomic mass is 35.5. The average molecular weight is 500 g/mol. The van der Waals surface area contributed by atoms with Gasteiger partial charge in [0.15, 0.2) is 5.82 Å². The standard InChI is InChI=1S/C28H26ClN5O2/c1-18-32-33-28-24(17-26(35)30-15-14-19-6-4-3-5-7-19)31-27(20-8-10-21(29)11-9-20)23-16-22(36-2)12-13-25(23)34(18)28/h3-13,16,24H,14-15,17H2,1-2H3,(H,30,35). The van der Waals surface area contributed by atoms with Crippen LogP contribution in [0.1, 0.15) is 40.8 Å². The van der Waals surface area contributed by atoms with Crippen molar-refractivity contribution in [3.8, 4) is 11.4 Å². The number of methoxy groups -OCH3 is 1. The monoisotopic (exact) mass is 499 g/mol. The molecule has 1 N–H and O–H groups in total. The number of aryl methyl sites for hydroxylation is 1. The Morgan fingerprint density at radius 2 is 1.83 bits per heavy atom. The van der Waals surface area contributed by atoms with Crippen LogP contribution in [0.4, 0.5) is 0 Å². The third-order valence-electron chi connectivity index (χ3n) is 6.21. The number of aliphatic imine (C=N–C) groups is 1. The van der Waals surface area contributed by atoms with Gasteiger partial charge in [0, 0.05) is 22.7 Å². The Bertz CT molecular complexity index is 1410. The number of carbonyl (C=O) groups is 1. The van der Waals surface area contributed by atoms with Gasteiger partial charge in [-0.25, -0.2) is 0 Å². The third kappa shape index (κ3) is 4.88. The van der Waals surface area contributed by atoms with E-state index in [1.165, 1.54) is 5.56 Å². The number of halogens is 1. The second-order valence-electron chi connectivity index (χ2n) is 8.61. The summed E-state index contributed by atoms with van der Waals surface area (Å²) in [6, 6.07) is 22.9. The number of aromatic nitrogens is 3. The summed E-state index contributed by atoms with van der Waals surface area (Å²) in [5.41, 5.74) is 4.56. The highest BCUT2D eigenvalue weighted by Gasteiger charge is 2.30. The van der Waals surface area contributed by atoms with Crippen molar-refractivity contribution in [1.29, 1.82) is 0 Å². The third-order valence-corrected chi connectivity index (χ3v) is 6.46. The van der Waals surface area contributed by atoms with Gasteiger partial charge in [-0.05, 0) is 49.2 Å². The van der Waals surface area contributed by atoms with Gasteiger partial charge in [-0.15, -0.1) is 10.2 Å². The first kappa shape index (κ1) is 23.8. The van der Waals surface area contributed by atoms with Crippen LogP contribution >= 0.6 is 11.6 Å². The van der Waals surface area contributed by atoms with E-state index in [1.807, 2.05) is 72.2 Å². The SMILES string of the molecule is COc1ccc2c(c1)C(c1ccc(Cl)cc1)=NC(CC(=O)NCCc1ccccc1)c1nnc(C)n1-2. The van der Waals surface area contributed by atoms with Gasteiger partial charge in [0.2, 0.25) is 5.91 Å². The van der Waals surface area contributed by atoms with Crippen molar-refractivity contribution in [2.24, 2.45) is 4.99 Å². The number of fused-ring (bicyclic) bond motifs is 3. The molecule has 0 radical (unpaired) electrons. The Hall–Kier alpha value is -3.97. The van der Waals surface area contributed by atoms with E-state index in [0.717, 1.165) is 34.8 Å². The van der Waals surface area contributed by atoms with Crippen LogP contribution in [0.3, 0.4) is 0 Å². The Kier molecular flexibility index (Phi) is 6.82. The molecule has 0 spiro atoms. The van der Waals surface area contributed by atoms with E-state index in [-0.39, 0.29) is 12.3 Å². The Balaban J connectivity index is 1.51. The maximum atomic E-state index is 13.0. The number of hydrogen-bond acceptors (Lipinski definition) is 5. The van der Waals surface area contributed by atoms with Crippen LogP contribution in [0.15, 0.2) is 77.8 Å². The number of ether oxygens (including phenoxy) is 1.